The number of hydrogen-bond acceptors (Lipinski definition) is 3. The van der Waals surface area contributed by atoms with Gasteiger partial charge in [0.2, 0.25) is 0 Å². The average Bonchev–Trinajstić information content (AvgIpc) is 3.47. The average molecular weight is 411 g/mol. The summed E-state index contributed by atoms with van der Waals surface area (Å²) in [5, 5.41) is 8.70. The Labute approximate surface area is 182 Å². The Morgan fingerprint density at radius 3 is 2.55 bits per heavy atom. The smallest absolute Gasteiger partial charge is 0.0854 e. The van der Waals surface area contributed by atoms with Gasteiger partial charge in [0.1, 0.15) is 0 Å². The minimum atomic E-state index is 0.837. The second-order valence-electron chi connectivity index (χ2n) is 7.87. The maximum Gasteiger partial charge on any atom is 0.0854 e. The van der Waals surface area contributed by atoms with E-state index in [2.05, 4.69) is 86.8 Å². The molecule has 0 spiro atoms. The maximum atomic E-state index is 5.42. The van der Waals surface area contributed by atoms with Gasteiger partial charge in [-0.15, -0.1) is 0 Å². The Hall–Kier alpha value is -3.41. The lowest BCUT2D eigenvalue weighted by Gasteiger charge is -2.26. The highest BCUT2D eigenvalue weighted by atomic mass is 16.5. The number of H-pyrrole nitrogens is 2. The van der Waals surface area contributed by atoms with E-state index in [1.165, 1.54) is 16.5 Å². The monoisotopic (exact) mass is 410 g/mol. The molecule has 2 aromatic carbocycles. The van der Waals surface area contributed by atoms with Gasteiger partial charge in [-0.3, -0.25) is 10.00 Å². The molecule has 4 aromatic rings. The van der Waals surface area contributed by atoms with Gasteiger partial charge in [-0.2, -0.15) is 5.10 Å². The fourth-order valence-electron chi connectivity index (χ4n) is 3.81. The van der Waals surface area contributed by atoms with E-state index in [1.807, 2.05) is 18.3 Å². The third-order valence-corrected chi connectivity index (χ3v) is 5.59. The van der Waals surface area contributed by atoms with E-state index in [-0.39, 0.29) is 0 Å². The van der Waals surface area contributed by atoms with Crippen molar-refractivity contribution in [3.8, 4) is 0 Å². The molecule has 5 nitrogen and oxygen atoms in total. The Kier molecular flexibility index (Phi) is 5.78. The Morgan fingerprint density at radius 2 is 1.68 bits per heavy atom. The van der Waals surface area contributed by atoms with Crippen LogP contribution in [-0.2, 0) is 11.3 Å². The second kappa shape index (κ2) is 9.16. The highest BCUT2D eigenvalue weighted by Crippen LogP contribution is 2.17. The first-order chi connectivity index (χ1) is 15.3. The van der Waals surface area contributed by atoms with Crippen molar-refractivity contribution in [2.75, 3.05) is 26.3 Å². The van der Waals surface area contributed by atoms with Crippen LogP contribution >= 0.6 is 0 Å². The summed E-state index contributed by atoms with van der Waals surface area (Å²) >= 11 is 0. The minimum Gasteiger partial charge on any atom is -0.379 e. The SMILES string of the molecule is C(=C\c1cc(/C=C/c2ccc3cc[nH]c3c2)n[nH]1)/c1ccc(CN2CCOCC2)cc1. The van der Waals surface area contributed by atoms with Crippen LogP contribution in [0.4, 0.5) is 0 Å². The van der Waals surface area contributed by atoms with Crippen LogP contribution in [0.25, 0.3) is 35.2 Å². The molecule has 1 aliphatic rings. The molecule has 31 heavy (non-hydrogen) atoms. The molecule has 2 aromatic heterocycles. The molecule has 2 N–H and O–H groups in total. The number of nitrogens with one attached hydrogen (secondary N) is 2. The predicted molar refractivity (Wildman–Crippen MR) is 127 cm³/mol. The van der Waals surface area contributed by atoms with Crippen molar-refractivity contribution < 1.29 is 4.74 Å². The first-order valence-electron chi connectivity index (χ1n) is 10.7. The van der Waals surface area contributed by atoms with E-state index in [0.717, 1.165) is 55.3 Å². The van der Waals surface area contributed by atoms with Gasteiger partial charge in [-0.1, -0.05) is 48.6 Å². The number of morpholine rings is 1. The lowest BCUT2D eigenvalue weighted by molar-refractivity contribution is 0.0342. The summed E-state index contributed by atoms with van der Waals surface area (Å²) in [6.45, 7) is 4.69. The van der Waals surface area contributed by atoms with E-state index >= 15 is 0 Å². The first kappa shape index (κ1) is 19.5. The molecule has 1 saturated heterocycles. The van der Waals surface area contributed by atoms with Crippen molar-refractivity contribution in [3.05, 3.63) is 88.9 Å². The van der Waals surface area contributed by atoms with Gasteiger partial charge in [-0.05, 0) is 52.4 Å². The molecular weight excluding hydrogens is 384 g/mol. The molecule has 1 fully saturated rings. The Bertz CT molecular complexity index is 1190. The van der Waals surface area contributed by atoms with Crippen molar-refractivity contribution >= 4 is 35.2 Å². The summed E-state index contributed by atoms with van der Waals surface area (Å²) in [5.74, 6) is 0. The quantitative estimate of drug-likeness (QED) is 0.467. The van der Waals surface area contributed by atoms with Gasteiger partial charge >= 0.3 is 0 Å². The van der Waals surface area contributed by atoms with E-state index in [9.17, 15) is 0 Å². The minimum absolute atomic E-state index is 0.837. The summed E-state index contributed by atoms with van der Waals surface area (Å²) < 4.78 is 5.42. The van der Waals surface area contributed by atoms with Crippen molar-refractivity contribution in [2.45, 2.75) is 6.54 Å². The molecule has 5 rings (SSSR count). The molecule has 0 saturated carbocycles. The third-order valence-electron chi connectivity index (χ3n) is 5.59. The van der Waals surface area contributed by atoms with Gasteiger partial charge in [0, 0.05) is 31.3 Å². The van der Waals surface area contributed by atoms with Crippen LogP contribution in [0.5, 0.6) is 0 Å². The zero-order valence-corrected chi connectivity index (χ0v) is 17.4. The summed E-state index contributed by atoms with van der Waals surface area (Å²) in [7, 11) is 0. The van der Waals surface area contributed by atoms with Crippen LogP contribution in [0.3, 0.4) is 0 Å². The van der Waals surface area contributed by atoms with E-state index in [4.69, 9.17) is 4.74 Å². The number of rotatable bonds is 6. The number of aromatic amines is 2. The predicted octanol–water partition coefficient (Wildman–Crippen LogP) is 5.06. The fraction of sp³-hybridized carbons (Fsp3) is 0.192. The second-order valence-corrected chi connectivity index (χ2v) is 7.87. The van der Waals surface area contributed by atoms with Gasteiger partial charge in [0.05, 0.1) is 24.6 Å². The van der Waals surface area contributed by atoms with Gasteiger partial charge < -0.3 is 9.72 Å². The molecule has 0 aliphatic carbocycles. The first-order valence-corrected chi connectivity index (χ1v) is 10.7. The van der Waals surface area contributed by atoms with Crippen LogP contribution in [-0.4, -0.2) is 46.4 Å². The summed E-state index contributed by atoms with van der Waals surface area (Å²) in [4.78, 5) is 5.68. The molecule has 156 valence electrons. The van der Waals surface area contributed by atoms with Crippen LogP contribution in [0, 0.1) is 0 Å². The summed E-state index contributed by atoms with van der Waals surface area (Å²) in [5.41, 5.74) is 6.70. The molecule has 1 aliphatic heterocycles. The molecule has 0 atom stereocenters. The zero-order valence-electron chi connectivity index (χ0n) is 17.4. The maximum absolute atomic E-state index is 5.42. The largest absolute Gasteiger partial charge is 0.379 e. The van der Waals surface area contributed by atoms with Crippen LogP contribution in [0.2, 0.25) is 0 Å². The van der Waals surface area contributed by atoms with Crippen LogP contribution in [0.1, 0.15) is 28.1 Å². The molecule has 0 unspecified atom stereocenters. The lowest BCUT2D eigenvalue weighted by atomic mass is 10.1. The van der Waals surface area contributed by atoms with Crippen molar-refractivity contribution in [1.29, 1.82) is 0 Å². The molecule has 0 bridgehead atoms. The normalized spacial score (nSPS) is 15.5. The van der Waals surface area contributed by atoms with Gasteiger partial charge in [-0.25, -0.2) is 0 Å². The van der Waals surface area contributed by atoms with E-state index < -0.39 is 0 Å². The highest BCUT2D eigenvalue weighted by Gasteiger charge is 2.10. The van der Waals surface area contributed by atoms with Crippen LogP contribution in [0.15, 0.2) is 60.8 Å². The van der Waals surface area contributed by atoms with Gasteiger partial charge in [0.15, 0.2) is 0 Å². The van der Waals surface area contributed by atoms with Crippen molar-refractivity contribution in [3.63, 3.8) is 0 Å². The summed E-state index contributed by atoms with van der Waals surface area (Å²) in [6.07, 6.45) is 10.2. The molecule has 0 amide bonds. The van der Waals surface area contributed by atoms with Crippen molar-refractivity contribution in [1.82, 2.24) is 20.1 Å². The number of ether oxygens (including phenoxy) is 1. The number of benzene rings is 2. The van der Waals surface area contributed by atoms with Crippen molar-refractivity contribution in [2.24, 2.45) is 0 Å². The number of hydrogen-bond donors (Lipinski definition) is 2. The third kappa shape index (κ3) is 5.02. The standard InChI is InChI=1S/C26H26N4O/c1-3-22(19-30-13-15-31-16-14-30)4-2-20(1)6-9-24-18-25(29-28-24)10-7-21-5-8-23-11-12-27-26(23)17-21/h1-12,17-18,27H,13-16,19H2,(H,28,29)/b9-6+,10-7+. The molecule has 5 heteroatoms. The lowest BCUT2D eigenvalue weighted by Crippen LogP contribution is -2.35. The van der Waals surface area contributed by atoms with Crippen LogP contribution < -0.4 is 0 Å². The molecular formula is C26H26N4O. The summed E-state index contributed by atoms with van der Waals surface area (Å²) in [6, 6.07) is 19.2. The highest BCUT2D eigenvalue weighted by molar-refractivity contribution is 5.83. The van der Waals surface area contributed by atoms with E-state index in [0.29, 0.717) is 0 Å². The number of aromatic nitrogens is 3. The topological polar surface area (TPSA) is 56.9 Å². The Balaban J connectivity index is 1.19. The van der Waals surface area contributed by atoms with Gasteiger partial charge in [0.25, 0.3) is 0 Å². The van der Waals surface area contributed by atoms with E-state index in [1.54, 1.807) is 0 Å². The molecule has 0 radical (unpaired) electrons. The fourth-order valence-corrected chi connectivity index (χ4v) is 3.81. The Morgan fingerprint density at radius 1 is 0.871 bits per heavy atom. The molecule has 3 heterocycles. The zero-order chi connectivity index (χ0) is 20.9. The number of nitrogens with zero attached hydrogens (tertiary/aromatic N) is 2. The number of fused-ring (bicyclic) bond motifs is 1.